The molecule has 130 valence electrons. The zero-order valence-electron chi connectivity index (χ0n) is 14.1. The average Bonchev–Trinajstić information content (AvgIpc) is 3.25. The molecule has 2 aromatic rings. The second kappa shape index (κ2) is 6.72. The maximum atomic E-state index is 12.4. The van der Waals surface area contributed by atoms with Crippen LogP contribution in [0.3, 0.4) is 0 Å². The Bertz CT molecular complexity index is 763. The fourth-order valence-corrected chi connectivity index (χ4v) is 3.61. The highest BCUT2D eigenvalue weighted by Crippen LogP contribution is 2.28. The minimum Gasteiger partial charge on any atom is -0.495 e. The maximum absolute atomic E-state index is 12.4. The monoisotopic (exact) mass is 339 g/mol. The molecule has 6 heteroatoms. The van der Waals surface area contributed by atoms with Gasteiger partial charge in [-0.05, 0) is 43.5 Å². The van der Waals surface area contributed by atoms with Crippen molar-refractivity contribution in [3.8, 4) is 17.2 Å². The predicted octanol–water partition coefficient (Wildman–Crippen LogP) is 2.51. The SMILES string of the molecule is COc1cncc(Oc2ccc(C(=O)N[C@@H]3C[C@H]4CC[C@@H]3N4)cc2)c1. The summed E-state index contributed by atoms with van der Waals surface area (Å²) in [4.78, 5) is 16.5. The van der Waals surface area contributed by atoms with Gasteiger partial charge < -0.3 is 20.1 Å². The summed E-state index contributed by atoms with van der Waals surface area (Å²) in [6.45, 7) is 0. The zero-order valence-corrected chi connectivity index (χ0v) is 14.1. The lowest BCUT2D eigenvalue weighted by atomic mass is 9.95. The molecule has 0 aliphatic carbocycles. The standard InChI is InChI=1S/C19H21N3O3/c1-24-15-9-16(11-20-10-15)25-14-5-2-12(3-6-14)19(23)22-18-8-13-4-7-17(18)21-13/h2-3,5-6,9-11,13,17-18,21H,4,7-8H2,1H3,(H,22,23)/t13-,17+,18-/m1/s1. The molecule has 2 bridgehead atoms. The number of amides is 1. The van der Waals surface area contributed by atoms with Gasteiger partial charge in [0.2, 0.25) is 0 Å². The van der Waals surface area contributed by atoms with Gasteiger partial charge in [0.1, 0.15) is 17.2 Å². The number of pyridine rings is 1. The van der Waals surface area contributed by atoms with Gasteiger partial charge in [-0.25, -0.2) is 0 Å². The first-order valence-electron chi connectivity index (χ1n) is 8.55. The number of hydrogen-bond acceptors (Lipinski definition) is 5. The molecule has 0 radical (unpaired) electrons. The van der Waals surface area contributed by atoms with Crippen LogP contribution in [0.2, 0.25) is 0 Å². The Morgan fingerprint density at radius 1 is 1.16 bits per heavy atom. The molecule has 0 unspecified atom stereocenters. The molecule has 2 aliphatic rings. The molecule has 2 N–H and O–H groups in total. The summed E-state index contributed by atoms with van der Waals surface area (Å²) in [6.07, 6.45) is 6.63. The molecule has 2 saturated heterocycles. The van der Waals surface area contributed by atoms with Crippen molar-refractivity contribution in [2.75, 3.05) is 7.11 Å². The van der Waals surface area contributed by atoms with Crippen molar-refractivity contribution in [1.29, 1.82) is 0 Å². The number of benzene rings is 1. The number of nitrogens with one attached hydrogen (secondary N) is 2. The normalized spacial score (nSPS) is 24.1. The molecule has 6 nitrogen and oxygen atoms in total. The second-order valence-corrected chi connectivity index (χ2v) is 6.55. The van der Waals surface area contributed by atoms with Crippen LogP contribution in [0.15, 0.2) is 42.7 Å². The van der Waals surface area contributed by atoms with Gasteiger partial charge in [0.05, 0.1) is 19.5 Å². The van der Waals surface area contributed by atoms with Crippen molar-refractivity contribution >= 4 is 5.91 Å². The van der Waals surface area contributed by atoms with Crippen molar-refractivity contribution in [2.45, 2.75) is 37.4 Å². The molecule has 4 rings (SSSR count). The summed E-state index contributed by atoms with van der Waals surface area (Å²) in [5.74, 6) is 1.83. The first-order chi connectivity index (χ1) is 12.2. The van der Waals surface area contributed by atoms with E-state index in [1.165, 1.54) is 6.42 Å². The molecular weight excluding hydrogens is 318 g/mol. The Hall–Kier alpha value is -2.60. The van der Waals surface area contributed by atoms with Crippen LogP contribution >= 0.6 is 0 Å². The third-order valence-corrected chi connectivity index (χ3v) is 4.89. The van der Waals surface area contributed by atoms with Gasteiger partial charge >= 0.3 is 0 Å². The number of methoxy groups -OCH3 is 1. The Kier molecular flexibility index (Phi) is 4.28. The third-order valence-electron chi connectivity index (χ3n) is 4.89. The molecule has 1 aromatic carbocycles. The van der Waals surface area contributed by atoms with Crippen molar-refractivity contribution < 1.29 is 14.3 Å². The van der Waals surface area contributed by atoms with Crippen LogP contribution in [-0.4, -0.2) is 36.1 Å². The lowest BCUT2D eigenvalue weighted by Crippen LogP contribution is -2.42. The fourth-order valence-electron chi connectivity index (χ4n) is 3.61. The average molecular weight is 339 g/mol. The number of carbonyl (C=O) groups excluding carboxylic acids is 1. The van der Waals surface area contributed by atoms with Gasteiger partial charge in [0.15, 0.2) is 0 Å². The Morgan fingerprint density at radius 3 is 2.64 bits per heavy atom. The highest BCUT2D eigenvalue weighted by atomic mass is 16.5. The topological polar surface area (TPSA) is 72.5 Å². The fraction of sp³-hybridized carbons (Fsp3) is 0.368. The van der Waals surface area contributed by atoms with Crippen molar-refractivity contribution in [1.82, 2.24) is 15.6 Å². The lowest BCUT2D eigenvalue weighted by molar-refractivity contribution is 0.0931. The molecule has 2 fully saturated rings. The smallest absolute Gasteiger partial charge is 0.251 e. The number of hydrogen-bond donors (Lipinski definition) is 2. The van der Waals surface area contributed by atoms with Crippen molar-refractivity contribution in [2.24, 2.45) is 0 Å². The van der Waals surface area contributed by atoms with Gasteiger partial charge in [0, 0.05) is 29.8 Å². The highest BCUT2D eigenvalue weighted by molar-refractivity contribution is 5.94. The summed E-state index contributed by atoms with van der Waals surface area (Å²) in [7, 11) is 1.58. The molecule has 3 heterocycles. The summed E-state index contributed by atoms with van der Waals surface area (Å²) < 4.78 is 10.9. The molecule has 0 saturated carbocycles. The van der Waals surface area contributed by atoms with E-state index in [0.717, 1.165) is 12.8 Å². The molecule has 2 aliphatic heterocycles. The van der Waals surface area contributed by atoms with E-state index in [9.17, 15) is 4.79 Å². The van der Waals surface area contributed by atoms with Crippen LogP contribution < -0.4 is 20.1 Å². The second-order valence-electron chi connectivity index (χ2n) is 6.55. The number of fused-ring (bicyclic) bond motifs is 2. The highest BCUT2D eigenvalue weighted by Gasteiger charge is 2.39. The first-order valence-corrected chi connectivity index (χ1v) is 8.55. The molecular formula is C19H21N3O3. The summed E-state index contributed by atoms with van der Waals surface area (Å²) in [5, 5.41) is 6.67. The van der Waals surface area contributed by atoms with Crippen LogP contribution in [0, 0.1) is 0 Å². The van der Waals surface area contributed by atoms with Gasteiger partial charge in [-0.2, -0.15) is 0 Å². The van der Waals surface area contributed by atoms with Crippen LogP contribution in [0.25, 0.3) is 0 Å². The summed E-state index contributed by atoms with van der Waals surface area (Å²) >= 11 is 0. The molecule has 3 atom stereocenters. The zero-order chi connectivity index (χ0) is 17.2. The number of aromatic nitrogens is 1. The summed E-state index contributed by atoms with van der Waals surface area (Å²) in [5.41, 5.74) is 0.638. The van der Waals surface area contributed by atoms with Gasteiger partial charge in [-0.15, -0.1) is 0 Å². The van der Waals surface area contributed by atoms with E-state index in [-0.39, 0.29) is 11.9 Å². The van der Waals surface area contributed by atoms with Crippen LogP contribution in [-0.2, 0) is 0 Å². The Balaban J connectivity index is 1.38. The minimum atomic E-state index is -0.0334. The Labute approximate surface area is 146 Å². The minimum absolute atomic E-state index is 0.0334. The number of ether oxygens (including phenoxy) is 2. The van der Waals surface area contributed by atoms with Gasteiger partial charge in [0.25, 0.3) is 5.91 Å². The third kappa shape index (κ3) is 3.44. The van der Waals surface area contributed by atoms with E-state index in [4.69, 9.17) is 9.47 Å². The van der Waals surface area contributed by atoms with E-state index in [1.54, 1.807) is 49.8 Å². The van der Waals surface area contributed by atoms with Gasteiger partial charge in [-0.3, -0.25) is 9.78 Å². The molecule has 25 heavy (non-hydrogen) atoms. The Morgan fingerprint density at radius 2 is 1.96 bits per heavy atom. The van der Waals surface area contributed by atoms with Gasteiger partial charge in [-0.1, -0.05) is 0 Å². The van der Waals surface area contributed by atoms with Crippen molar-refractivity contribution in [3.05, 3.63) is 48.3 Å². The van der Waals surface area contributed by atoms with E-state index < -0.39 is 0 Å². The number of nitrogens with zero attached hydrogens (tertiary/aromatic N) is 1. The lowest BCUT2D eigenvalue weighted by Gasteiger charge is -2.21. The van der Waals surface area contributed by atoms with Crippen LogP contribution in [0.1, 0.15) is 29.6 Å². The van der Waals surface area contributed by atoms with E-state index in [1.807, 2.05) is 0 Å². The van der Waals surface area contributed by atoms with E-state index in [0.29, 0.717) is 34.9 Å². The van der Waals surface area contributed by atoms with Crippen molar-refractivity contribution in [3.63, 3.8) is 0 Å². The first kappa shape index (κ1) is 15.9. The molecule has 1 aromatic heterocycles. The number of rotatable bonds is 5. The molecule has 0 spiro atoms. The molecule has 1 amide bonds. The maximum Gasteiger partial charge on any atom is 0.251 e. The number of carbonyl (C=O) groups is 1. The van der Waals surface area contributed by atoms with E-state index in [2.05, 4.69) is 15.6 Å². The summed E-state index contributed by atoms with van der Waals surface area (Å²) in [6, 6.07) is 10.1. The van der Waals surface area contributed by atoms with E-state index >= 15 is 0 Å². The largest absolute Gasteiger partial charge is 0.495 e. The predicted molar refractivity (Wildman–Crippen MR) is 93.1 cm³/mol. The van der Waals surface area contributed by atoms with Crippen LogP contribution in [0.5, 0.6) is 17.2 Å². The van der Waals surface area contributed by atoms with Crippen LogP contribution in [0.4, 0.5) is 0 Å². The quantitative estimate of drug-likeness (QED) is 0.876.